The summed E-state index contributed by atoms with van der Waals surface area (Å²) in [6.07, 6.45) is 2.61. The van der Waals surface area contributed by atoms with Crippen molar-refractivity contribution in [2.75, 3.05) is 0 Å². The molecule has 0 bridgehead atoms. The van der Waals surface area contributed by atoms with Gasteiger partial charge in [-0.3, -0.25) is 0 Å². The molecule has 9 nitrogen and oxygen atoms in total. The second-order valence-electron chi connectivity index (χ2n) is 2.93. The van der Waals surface area contributed by atoms with Crippen LogP contribution in [0.25, 0.3) is 5.82 Å². The molecule has 0 unspecified atom stereocenters. The monoisotopic (exact) mass is 222 g/mol. The second kappa shape index (κ2) is 3.53. The molecule has 0 radical (unpaired) electrons. The maximum Gasteiger partial charge on any atom is 0.491 e. The van der Waals surface area contributed by atoms with Gasteiger partial charge in [0.1, 0.15) is 0 Å². The van der Waals surface area contributed by atoms with Crippen LogP contribution in [0.1, 0.15) is 0 Å². The first kappa shape index (κ1) is 9.96. The van der Waals surface area contributed by atoms with E-state index < -0.39 is 16.6 Å². The number of aryl methyl sites for hydroxylation is 1. The molecule has 0 aromatic carbocycles. The Hall–Kier alpha value is -2.58. The molecule has 16 heavy (non-hydrogen) atoms. The highest BCUT2D eigenvalue weighted by Gasteiger charge is 2.15. The number of hydrogen-bond acceptors (Lipinski definition) is 6. The zero-order valence-corrected chi connectivity index (χ0v) is 8.14. The van der Waals surface area contributed by atoms with Crippen LogP contribution in [0.4, 0.5) is 5.95 Å². The molecule has 0 N–H and O–H groups in total. The summed E-state index contributed by atoms with van der Waals surface area (Å²) in [6.45, 7) is 0. The van der Waals surface area contributed by atoms with Crippen molar-refractivity contribution < 1.29 is 4.92 Å². The molecule has 82 valence electrons. The third kappa shape index (κ3) is 1.65. The maximum absolute atomic E-state index is 11.2. The summed E-state index contributed by atoms with van der Waals surface area (Å²) < 4.78 is 2.34. The van der Waals surface area contributed by atoms with Gasteiger partial charge in [-0.05, 0) is 4.92 Å². The molecule has 0 saturated carbocycles. The molecule has 0 fully saturated rings. The number of aromatic nitrogens is 5. The quantitative estimate of drug-likeness (QED) is 0.489. The molecule has 2 aromatic heterocycles. The summed E-state index contributed by atoms with van der Waals surface area (Å²) in [5, 5.41) is 13.9. The van der Waals surface area contributed by atoms with E-state index in [1.54, 1.807) is 7.05 Å². The molecule has 2 heterocycles. The van der Waals surface area contributed by atoms with Gasteiger partial charge < -0.3 is 14.7 Å². The van der Waals surface area contributed by atoms with E-state index in [4.69, 9.17) is 0 Å². The van der Waals surface area contributed by atoms with Gasteiger partial charge in [-0.1, -0.05) is 4.98 Å². The lowest BCUT2D eigenvalue weighted by molar-refractivity contribution is -0.394. The van der Waals surface area contributed by atoms with E-state index in [0.717, 1.165) is 11.0 Å². The molecular formula is C7H6N6O3. The van der Waals surface area contributed by atoms with E-state index in [-0.39, 0.29) is 5.82 Å². The summed E-state index contributed by atoms with van der Waals surface area (Å²) in [5.41, 5.74) is -0.476. The Labute approximate surface area is 88.1 Å². The fraction of sp³-hybridized carbons (Fsp3) is 0.143. The molecule has 0 saturated heterocycles. The van der Waals surface area contributed by atoms with Crippen LogP contribution in [0.2, 0.25) is 0 Å². The zero-order chi connectivity index (χ0) is 11.7. The molecule has 9 heteroatoms. The summed E-state index contributed by atoms with van der Waals surface area (Å²) in [6, 6.07) is 1.50. The minimum Gasteiger partial charge on any atom is -0.390 e. The molecule has 0 aliphatic carbocycles. The molecule has 0 aliphatic rings. The lowest BCUT2D eigenvalue weighted by Crippen LogP contribution is -2.21. The SMILES string of the molecule is Cn1ccc(-n2cnc([N+](=O)[O-])n2)nc1=O. The van der Waals surface area contributed by atoms with Crippen LogP contribution >= 0.6 is 0 Å². The molecule has 2 rings (SSSR count). The van der Waals surface area contributed by atoms with Gasteiger partial charge in [0.25, 0.3) is 0 Å². The first-order valence-electron chi connectivity index (χ1n) is 4.18. The van der Waals surface area contributed by atoms with Crippen molar-refractivity contribution >= 4 is 5.95 Å². The van der Waals surface area contributed by atoms with Crippen molar-refractivity contribution in [3.63, 3.8) is 0 Å². The fourth-order valence-corrected chi connectivity index (χ4v) is 1.03. The summed E-state index contributed by atoms with van der Waals surface area (Å²) in [7, 11) is 1.54. The van der Waals surface area contributed by atoms with Crippen LogP contribution in [-0.2, 0) is 7.05 Å². The van der Waals surface area contributed by atoms with E-state index in [0.29, 0.717) is 0 Å². The summed E-state index contributed by atoms with van der Waals surface area (Å²) in [4.78, 5) is 27.9. The maximum atomic E-state index is 11.2. The van der Waals surface area contributed by atoms with Crippen LogP contribution < -0.4 is 5.69 Å². The first-order chi connectivity index (χ1) is 7.58. The minimum atomic E-state index is -0.725. The molecule has 0 spiro atoms. The van der Waals surface area contributed by atoms with Crippen molar-refractivity contribution in [1.29, 1.82) is 0 Å². The van der Waals surface area contributed by atoms with Gasteiger partial charge in [0, 0.05) is 24.4 Å². The first-order valence-corrected chi connectivity index (χ1v) is 4.18. The van der Waals surface area contributed by atoms with Crippen molar-refractivity contribution in [3.8, 4) is 5.82 Å². The normalized spacial score (nSPS) is 10.3. The van der Waals surface area contributed by atoms with Crippen molar-refractivity contribution in [2.45, 2.75) is 0 Å². The Morgan fingerprint density at radius 2 is 2.25 bits per heavy atom. The Kier molecular flexibility index (Phi) is 2.20. The topological polar surface area (TPSA) is 109 Å². The number of rotatable bonds is 2. The minimum absolute atomic E-state index is 0.184. The van der Waals surface area contributed by atoms with Gasteiger partial charge in [0.15, 0.2) is 5.82 Å². The van der Waals surface area contributed by atoms with Crippen molar-refractivity contribution in [2.24, 2.45) is 7.05 Å². The Bertz CT molecular complexity index is 600. The predicted molar refractivity (Wildman–Crippen MR) is 51.0 cm³/mol. The second-order valence-corrected chi connectivity index (χ2v) is 2.93. The third-order valence-corrected chi connectivity index (χ3v) is 1.84. The molecule has 2 aromatic rings. The Balaban J connectivity index is 2.46. The van der Waals surface area contributed by atoms with E-state index in [2.05, 4.69) is 15.1 Å². The average Bonchev–Trinajstić information content (AvgIpc) is 2.71. The van der Waals surface area contributed by atoms with E-state index in [9.17, 15) is 14.9 Å². The Morgan fingerprint density at radius 3 is 2.81 bits per heavy atom. The van der Waals surface area contributed by atoms with Crippen LogP contribution in [0.15, 0.2) is 23.4 Å². The predicted octanol–water partition coefficient (Wildman–Crippen LogP) is -0.731. The smallest absolute Gasteiger partial charge is 0.390 e. The highest BCUT2D eigenvalue weighted by atomic mass is 16.6. The summed E-state index contributed by atoms with van der Waals surface area (Å²) >= 11 is 0. The molecular weight excluding hydrogens is 216 g/mol. The molecule has 0 amide bonds. The van der Waals surface area contributed by atoms with Crippen LogP contribution in [0.5, 0.6) is 0 Å². The number of nitrogens with zero attached hydrogens (tertiary/aromatic N) is 6. The number of nitro groups is 1. The largest absolute Gasteiger partial charge is 0.491 e. The molecule has 0 aliphatic heterocycles. The van der Waals surface area contributed by atoms with Crippen LogP contribution in [0, 0.1) is 10.1 Å². The zero-order valence-electron chi connectivity index (χ0n) is 8.14. The lowest BCUT2D eigenvalue weighted by Gasteiger charge is -1.96. The van der Waals surface area contributed by atoms with Crippen LogP contribution in [0.3, 0.4) is 0 Å². The lowest BCUT2D eigenvalue weighted by atomic mass is 10.6. The summed E-state index contributed by atoms with van der Waals surface area (Å²) in [5.74, 6) is -0.355. The van der Waals surface area contributed by atoms with Crippen molar-refractivity contribution in [1.82, 2.24) is 24.3 Å². The average molecular weight is 222 g/mol. The molecule has 0 atom stereocenters. The van der Waals surface area contributed by atoms with Gasteiger partial charge in [0.05, 0.1) is 0 Å². The van der Waals surface area contributed by atoms with Crippen LogP contribution in [-0.4, -0.2) is 29.2 Å². The highest BCUT2D eigenvalue weighted by molar-refractivity contribution is 5.18. The van der Waals surface area contributed by atoms with E-state index >= 15 is 0 Å². The van der Waals surface area contributed by atoms with Gasteiger partial charge in [-0.15, -0.1) is 4.68 Å². The van der Waals surface area contributed by atoms with E-state index in [1.807, 2.05) is 0 Å². The third-order valence-electron chi connectivity index (χ3n) is 1.84. The van der Waals surface area contributed by atoms with Gasteiger partial charge in [-0.2, -0.15) is 4.98 Å². The van der Waals surface area contributed by atoms with Gasteiger partial charge >= 0.3 is 11.6 Å². The fourth-order valence-electron chi connectivity index (χ4n) is 1.03. The highest BCUT2D eigenvalue weighted by Crippen LogP contribution is 2.04. The standard InChI is InChI=1S/C7H6N6O3/c1-11-3-2-5(9-7(11)14)12-4-8-6(10-12)13(15)16/h2-4H,1H3. The van der Waals surface area contributed by atoms with Gasteiger partial charge in [-0.25, -0.2) is 4.79 Å². The Morgan fingerprint density at radius 1 is 1.50 bits per heavy atom. The van der Waals surface area contributed by atoms with Crippen molar-refractivity contribution in [3.05, 3.63) is 39.2 Å². The van der Waals surface area contributed by atoms with E-state index in [1.165, 1.54) is 16.8 Å². The number of hydrogen-bond donors (Lipinski definition) is 0. The van der Waals surface area contributed by atoms with Gasteiger partial charge in [0.2, 0.25) is 6.33 Å².